The largest absolute Gasteiger partial charge is 0.379 e. The van der Waals surface area contributed by atoms with Crippen molar-refractivity contribution in [3.05, 3.63) is 0 Å². The number of rotatable bonds is 8. The summed E-state index contributed by atoms with van der Waals surface area (Å²) in [5.41, 5.74) is -0.193. The van der Waals surface area contributed by atoms with E-state index in [1.807, 2.05) is 6.92 Å². The van der Waals surface area contributed by atoms with Gasteiger partial charge in [-0.1, -0.05) is 0 Å². The average Bonchev–Trinajstić information content (AvgIpc) is 3.05. The second kappa shape index (κ2) is 8.63. The Bertz CT molecular complexity index is 390. The molecule has 0 bridgehead atoms. The van der Waals surface area contributed by atoms with Crippen molar-refractivity contribution < 1.29 is 32.6 Å². The monoisotopic (exact) mass is 370 g/mol. The van der Waals surface area contributed by atoms with Crippen molar-refractivity contribution in [2.24, 2.45) is 0 Å². The van der Waals surface area contributed by atoms with Crippen molar-refractivity contribution in [2.75, 3.05) is 34.1 Å². The molecule has 7 nitrogen and oxygen atoms in total. The van der Waals surface area contributed by atoms with Gasteiger partial charge in [-0.25, -0.2) is 0 Å². The Balaban J connectivity index is 1.77. The Hall–Kier alpha value is 0.340. The van der Waals surface area contributed by atoms with Crippen LogP contribution in [0.4, 0.5) is 0 Å². The molecule has 0 N–H and O–H groups in total. The zero-order chi connectivity index (χ0) is 17.0. The lowest BCUT2D eigenvalue weighted by atomic mass is 10.1. The highest BCUT2D eigenvalue weighted by molar-refractivity contribution is 7.80. The number of ether oxygens (including phenoxy) is 4. The van der Waals surface area contributed by atoms with Crippen LogP contribution in [-0.2, 0) is 32.6 Å². The number of hydrogen-bond donors (Lipinski definition) is 1. The van der Waals surface area contributed by atoms with E-state index in [0.717, 1.165) is 6.42 Å². The van der Waals surface area contributed by atoms with Crippen molar-refractivity contribution in [2.45, 2.75) is 55.7 Å². The summed E-state index contributed by atoms with van der Waals surface area (Å²) in [5, 5.41) is 0. The fraction of sp³-hybridized carbons (Fsp3) is 1.00. The minimum Gasteiger partial charge on any atom is -0.379 e. The van der Waals surface area contributed by atoms with E-state index in [1.165, 1.54) is 6.66 Å². The standard InChI is InChI=1S/C14H27O7PS/c1-9-5-10(16-2)12(20-9)7-18-22(4,15)19-8-13-11(17-3)6-14(23)21-13/h9-14,23H,5-8H2,1-4H3/t9-,10+,11?,12+,13?,14?,22?/m0/s1. The average molecular weight is 370 g/mol. The molecule has 23 heavy (non-hydrogen) atoms. The molecule has 4 unspecified atom stereocenters. The lowest BCUT2D eigenvalue weighted by Gasteiger charge is -2.22. The lowest BCUT2D eigenvalue weighted by molar-refractivity contribution is -0.0340. The van der Waals surface area contributed by atoms with E-state index in [-0.39, 0.29) is 49.2 Å². The van der Waals surface area contributed by atoms with Crippen LogP contribution in [0.25, 0.3) is 0 Å². The second-order valence-electron chi connectivity index (χ2n) is 6.00. The first kappa shape index (κ1) is 19.7. The first-order valence-corrected chi connectivity index (χ1v) is 10.3. The van der Waals surface area contributed by atoms with Crippen LogP contribution in [0.2, 0.25) is 0 Å². The van der Waals surface area contributed by atoms with Gasteiger partial charge in [-0.2, -0.15) is 0 Å². The van der Waals surface area contributed by atoms with Crippen LogP contribution in [0.1, 0.15) is 19.8 Å². The molecule has 0 amide bonds. The molecule has 2 aliphatic heterocycles. The quantitative estimate of drug-likeness (QED) is 0.518. The van der Waals surface area contributed by atoms with Crippen LogP contribution in [0.5, 0.6) is 0 Å². The van der Waals surface area contributed by atoms with Crippen molar-refractivity contribution in [3.8, 4) is 0 Å². The third-order valence-corrected chi connectivity index (χ3v) is 5.69. The predicted octanol–water partition coefficient (Wildman–Crippen LogP) is 2.09. The summed E-state index contributed by atoms with van der Waals surface area (Å²) in [4.78, 5) is 0. The van der Waals surface area contributed by atoms with Gasteiger partial charge in [0.1, 0.15) is 17.6 Å². The Labute approximate surface area is 143 Å². The maximum absolute atomic E-state index is 12.4. The van der Waals surface area contributed by atoms with Crippen LogP contribution in [0.3, 0.4) is 0 Å². The van der Waals surface area contributed by atoms with Gasteiger partial charge < -0.3 is 28.0 Å². The highest BCUT2D eigenvalue weighted by Gasteiger charge is 2.37. The molecule has 0 aromatic rings. The van der Waals surface area contributed by atoms with Crippen LogP contribution in [0, 0.1) is 0 Å². The maximum Gasteiger partial charge on any atom is 0.327 e. The molecule has 0 aliphatic carbocycles. The van der Waals surface area contributed by atoms with Crippen LogP contribution >= 0.6 is 20.2 Å². The highest BCUT2D eigenvalue weighted by Crippen LogP contribution is 2.45. The fourth-order valence-corrected chi connectivity index (χ4v) is 4.13. The van der Waals surface area contributed by atoms with Crippen molar-refractivity contribution in [1.82, 2.24) is 0 Å². The molecule has 136 valence electrons. The molecule has 2 rings (SSSR count). The maximum atomic E-state index is 12.4. The molecular weight excluding hydrogens is 343 g/mol. The van der Waals surface area contributed by atoms with Gasteiger partial charge in [0.25, 0.3) is 0 Å². The summed E-state index contributed by atoms with van der Waals surface area (Å²) >= 11 is 4.27. The lowest BCUT2D eigenvalue weighted by Crippen LogP contribution is -2.29. The van der Waals surface area contributed by atoms with Crippen LogP contribution in [-0.4, -0.2) is 70.1 Å². The number of methoxy groups -OCH3 is 2. The first-order chi connectivity index (χ1) is 10.8. The topological polar surface area (TPSA) is 72.5 Å². The molecule has 0 spiro atoms. The molecule has 0 saturated carbocycles. The fourth-order valence-electron chi connectivity index (χ4n) is 2.86. The van der Waals surface area contributed by atoms with Gasteiger partial charge in [0, 0.05) is 33.7 Å². The number of thiol groups is 1. The molecule has 2 fully saturated rings. The summed E-state index contributed by atoms with van der Waals surface area (Å²) in [6, 6.07) is 0. The molecule has 0 aromatic carbocycles. The van der Waals surface area contributed by atoms with E-state index in [4.69, 9.17) is 28.0 Å². The van der Waals surface area contributed by atoms with Gasteiger partial charge in [-0.05, 0) is 6.92 Å². The third-order valence-electron chi connectivity index (χ3n) is 4.12. The second-order valence-corrected chi connectivity index (χ2v) is 8.63. The Kier molecular flexibility index (Phi) is 7.38. The third kappa shape index (κ3) is 5.68. The zero-order valence-corrected chi connectivity index (χ0v) is 15.8. The van der Waals surface area contributed by atoms with Gasteiger partial charge in [0.2, 0.25) is 0 Å². The molecule has 9 heteroatoms. The normalized spacial score (nSPS) is 40.4. The van der Waals surface area contributed by atoms with Gasteiger partial charge in [0.05, 0.1) is 31.5 Å². The Morgan fingerprint density at radius 3 is 2.13 bits per heavy atom. The van der Waals surface area contributed by atoms with E-state index in [1.54, 1.807) is 14.2 Å². The molecule has 0 aromatic heterocycles. The predicted molar refractivity (Wildman–Crippen MR) is 88.2 cm³/mol. The van der Waals surface area contributed by atoms with Crippen molar-refractivity contribution >= 4 is 20.2 Å². The van der Waals surface area contributed by atoms with Gasteiger partial charge >= 0.3 is 7.60 Å². The van der Waals surface area contributed by atoms with Gasteiger partial charge in [0.15, 0.2) is 0 Å². The highest BCUT2D eigenvalue weighted by atomic mass is 32.1. The van der Waals surface area contributed by atoms with Crippen LogP contribution < -0.4 is 0 Å². The zero-order valence-electron chi connectivity index (χ0n) is 14.0. The summed E-state index contributed by atoms with van der Waals surface area (Å²) in [5.74, 6) is 0. The first-order valence-electron chi connectivity index (χ1n) is 7.75. The minimum absolute atomic E-state index is 0.0500. The number of hydrogen-bond acceptors (Lipinski definition) is 8. The molecule has 2 saturated heterocycles. The van der Waals surface area contributed by atoms with Gasteiger partial charge in [-0.15, -0.1) is 12.6 Å². The van der Waals surface area contributed by atoms with E-state index in [2.05, 4.69) is 12.6 Å². The molecular formula is C14H27O7PS. The smallest absolute Gasteiger partial charge is 0.327 e. The summed E-state index contributed by atoms with van der Waals surface area (Å²) in [6.45, 7) is 3.73. The van der Waals surface area contributed by atoms with E-state index >= 15 is 0 Å². The van der Waals surface area contributed by atoms with E-state index < -0.39 is 7.60 Å². The van der Waals surface area contributed by atoms with Crippen molar-refractivity contribution in [1.29, 1.82) is 0 Å². The Morgan fingerprint density at radius 2 is 1.57 bits per heavy atom. The molecule has 7 atom stereocenters. The van der Waals surface area contributed by atoms with E-state index in [0.29, 0.717) is 6.42 Å². The minimum atomic E-state index is -3.21. The molecule has 0 radical (unpaired) electrons. The molecule has 2 heterocycles. The summed E-state index contributed by atoms with van der Waals surface area (Å²) < 4.78 is 45.3. The van der Waals surface area contributed by atoms with Crippen molar-refractivity contribution in [3.63, 3.8) is 0 Å². The van der Waals surface area contributed by atoms with Crippen LogP contribution in [0.15, 0.2) is 0 Å². The van der Waals surface area contributed by atoms with Gasteiger partial charge in [-0.3, -0.25) is 4.57 Å². The summed E-state index contributed by atoms with van der Waals surface area (Å²) in [6.07, 6.45) is 0.879. The summed E-state index contributed by atoms with van der Waals surface area (Å²) in [7, 11) is 0.0387. The van der Waals surface area contributed by atoms with E-state index in [9.17, 15) is 4.57 Å². The SMILES string of the molecule is COC1CC(S)OC1COP(C)(=O)OC[C@H]1O[C@@H](C)C[C@H]1OC. The Morgan fingerprint density at radius 1 is 1.04 bits per heavy atom. The molecule has 2 aliphatic rings.